The lowest BCUT2D eigenvalue weighted by Gasteiger charge is -2.21. The molecule has 0 spiro atoms. The van der Waals surface area contributed by atoms with Crippen molar-refractivity contribution in [1.82, 2.24) is 0 Å². The number of aliphatic hydroxyl groups excluding tert-OH is 1. The number of carbonyl (C=O) groups excluding carboxylic acids is 4. The van der Waals surface area contributed by atoms with Crippen molar-refractivity contribution in [2.24, 2.45) is 11.8 Å². The van der Waals surface area contributed by atoms with Gasteiger partial charge in [-0.25, -0.2) is 9.13 Å². The first kappa shape index (κ1) is 95.1. The molecule has 3 N–H and O–H groups in total. The second-order valence-electron chi connectivity index (χ2n) is 29.1. The third-order valence-corrected chi connectivity index (χ3v) is 20.1. The van der Waals surface area contributed by atoms with E-state index in [1.165, 1.54) is 212 Å². The monoisotopic (exact) mass is 1420 g/mol. The van der Waals surface area contributed by atoms with Gasteiger partial charge in [0.15, 0.2) is 12.2 Å². The standard InChI is InChI=1S/C78H152O17P2/c1-7-9-11-13-15-16-17-18-21-27-33-38-44-50-56-62-77(82)94-73(66-88-75(80)60-54-48-40-14-12-10-8-2)68-92-96(84,85)90-64-72(79)65-91-97(86,87)93-69-74(67-89-76(81)61-55-49-43-37-32-29-24-26-31-36-42-47-53-59-71(5)6)95-78(83)63-57-51-45-39-34-28-23-20-19-22-25-30-35-41-46-52-58-70(3)4/h70-74,79H,7-69H2,1-6H3,(H,84,85)(H,86,87)/t72-,73+,74+/m0/s1. The Morgan fingerprint density at radius 2 is 0.474 bits per heavy atom. The lowest BCUT2D eigenvalue weighted by Crippen LogP contribution is -2.30. The minimum atomic E-state index is -4.96. The Bertz CT molecular complexity index is 1870. The second-order valence-corrected chi connectivity index (χ2v) is 32.0. The summed E-state index contributed by atoms with van der Waals surface area (Å²) in [6, 6.07) is 0. The highest BCUT2D eigenvalue weighted by Crippen LogP contribution is 2.45. The van der Waals surface area contributed by atoms with Crippen LogP contribution < -0.4 is 0 Å². The number of aliphatic hydroxyl groups is 1. The third-order valence-electron chi connectivity index (χ3n) is 18.2. The zero-order valence-corrected chi connectivity index (χ0v) is 65.2. The maximum atomic E-state index is 13.1. The summed E-state index contributed by atoms with van der Waals surface area (Å²) in [5.41, 5.74) is 0. The van der Waals surface area contributed by atoms with Crippen LogP contribution in [-0.2, 0) is 65.4 Å². The van der Waals surface area contributed by atoms with Gasteiger partial charge in [-0.05, 0) is 37.5 Å². The van der Waals surface area contributed by atoms with Gasteiger partial charge >= 0.3 is 39.5 Å². The molecule has 19 heteroatoms. The molecular formula is C78H152O17P2. The summed E-state index contributed by atoms with van der Waals surface area (Å²) >= 11 is 0. The van der Waals surface area contributed by atoms with Crippen LogP contribution in [0.15, 0.2) is 0 Å². The van der Waals surface area contributed by atoms with Crippen LogP contribution in [0.4, 0.5) is 0 Å². The molecule has 0 heterocycles. The third kappa shape index (κ3) is 72.2. The fraction of sp³-hybridized carbons (Fsp3) is 0.949. The molecule has 0 amide bonds. The molecule has 17 nitrogen and oxygen atoms in total. The Labute approximate surface area is 594 Å². The van der Waals surface area contributed by atoms with Gasteiger partial charge in [0.2, 0.25) is 0 Å². The van der Waals surface area contributed by atoms with Gasteiger partial charge < -0.3 is 33.8 Å². The highest BCUT2D eigenvalue weighted by molar-refractivity contribution is 7.47. The lowest BCUT2D eigenvalue weighted by molar-refractivity contribution is -0.161. The normalized spacial score (nSPS) is 14.0. The molecule has 0 bridgehead atoms. The highest BCUT2D eigenvalue weighted by Gasteiger charge is 2.30. The number of carbonyl (C=O) groups is 4. The van der Waals surface area contributed by atoms with Gasteiger partial charge in [-0.2, -0.15) is 0 Å². The zero-order valence-electron chi connectivity index (χ0n) is 63.4. The van der Waals surface area contributed by atoms with Gasteiger partial charge in [-0.1, -0.05) is 356 Å². The molecule has 0 saturated heterocycles. The van der Waals surface area contributed by atoms with E-state index < -0.39 is 97.5 Å². The van der Waals surface area contributed by atoms with E-state index in [1.54, 1.807) is 0 Å². The number of hydrogen-bond donors (Lipinski definition) is 3. The summed E-state index contributed by atoms with van der Waals surface area (Å²) in [4.78, 5) is 72.8. The fourth-order valence-electron chi connectivity index (χ4n) is 12.0. The SMILES string of the molecule is CCCCCCCCCCCCCCCCCC(=O)O[C@H](COC(=O)CCCCCCCCC)COP(=O)(O)OC[C@H](O)COP(=O)(O)OC[C@@H](COC(=O)CCCCCCCCCCCCCCCC(C)C)OC(=O)CCCCCCCCCCCCCCCCCCC(C)C. The first-order valence-electron chi connectivity index (χ1n) is 40.5. The predicted octanol–water partition coefficient (Wildman–Crippen LogP) is 23.1. The van der Waals surface area contributed by atoms with Gasteiger partial charge in [0.25, 0.3) is 0 Å². The zero-order chi connectivity index (χ0) is 71.4. The minimum absolute atomic E-state index is 0.108. The maximum absolute atomic E-state index is 13.1. The van der Waals surface area contributed by atoms with Crippen LogP contribution in [0.1, 0.15) is 408 Å². The second kappa shape index (κ2) is 69.8. The van der Waals surface area contributed by atoms with Crippen molar-refractivity contribution in [2.45, 2.75) is 426 Å². The van der Waals surface area contributed by atoms with Crippen molar-refractivity contribution in [1.29, 1.82) is 0 Å². The average molecular weight is 1420 g/mol. The number of unbranched alkanes of at least 4 members (excludes halogenated alkanes) is 47. The van der Waals surface area contributed by atoms with Crippen LogP contribution in [-0.4, -0.2) is 96.7 Å². The summed E-state index contributed by atoms with van der Waals surface area (Å²) < 4.78 is 68.5. The summed E-state index contributed by atoms with van der Waals surface area (Å²) in [6.45, 7) is 9.63. The number of rotatable bonds is 77. The molecule has 0 aliphatic heterocycles. The number of ether oxygens (including phenoxy) is 4. The van der Waals surface area contributed by atoms with Gasteiger partial charge in [0.1, 0.15) is 19.3 Å². The Morgan fingerprint density at radius 1 is 0.278 bits per heavy atom. The van der Waals surface area contributed by atoms with Gasteiger partial charge in [-0.15, -0.1) is 0 Å². The Morgan fingerprint density at radius 3 is 0.701 bits per heavy atom. The Balaban J connectivity index is 5.19. The smallest absolute Gasteiger partial charge is 0.462 e. The van der Waals surface area contributed by atoms with Crippen LogP contribution in [0, 0.1) is 11.8 Å². The first-order valence-corrected chi connectivity index (χ1v) is 43.5. The van der Waals surface area contributed by atoms with E-state index >= 15 is 0 Å². The molecule has 0 saturated carbocycles. The topological polar surface area (TPSA) is 237 Å². The number of esters is 4. The summed E-state index contributed by atoms with van der Waals surface area (Å²) in [6.07, 6.45) is 58.3. The molecular weight excluding hydrogens is 1270 g/mol. The molecule has 0 rings (SSSR count). The predicted molar refractivity (Wildman–Crippen MR) is 395 cm³/mol. The van der Waals surface area contributed by atoms with Crippen molar-refractivity contribution in [3.8, 4) is 0 Å². The molecule has 0 aliphatic carbocycles. The molecule has 0 aromatic carbocycles. The molecule has 0 radical (unpaired) electrons. The van der Waals surface area contributed by atoms with Crippen LogP contribution in [0.3, 0.4) is 0 Å². The Kier molecular flexibility index (Phi) is 68.4. The van der Waals surface area contributed by atoms with Crippen molar-refractivity contribution >= 4 is 39.5 Å². The van der Waals surface area contributed by atoms with E-state index in [0.29, 0.717) is 25.7 Å². The van der Waals surface area contributed by atoms with Crippen molar-refractivity contribution in [2.75, 3.05) is 39.6 Å². The van der Waals surface area contributed by atoms with E-state index in [9.17, 15) is 43.2 Å². The van der Waals surface area contributed by atoms with Gasteiger partial charge in [0.05, 0.1) is 26.4 Å². The minimum Gasteiger partial charge on any atom is -0.462 e. The Hall–Kier alpha value is -1.94. The molecule has 97 heavy (non-hydrogen) atoms. The first-order chi connectivity index (χ1) is 46.9. The van der Waals surface area contributed by atoms with Crippen LogP contribution >= 0.6 is 15.6 Å². The lowest BCUT2D eigenvalue weighted by atomic mass is 10.0. The summed E-state index contributed by atoms with van der Waals surface area (Å²) in [7, 11) is -9.91. The van der Waals surface area contributed by atoms with Crippen LogP contribution in [0.5, 0.6) is 0 Å². The molecule has 0 aromatic rings. The summed E-state index contributed by atoms with van der Waals surface area (Å²) in [5.74, 6) is -0.515. The van der Waals surface area contributed by atoms with E-state index in [2.05, 4.69) is 41.5 Å². The number of hydrogen-bond acceptors (Lipinski definition) is 15. The van der Waals surface area contributed by atoms with Gasteiger partial charge in [-0.3, -0.25) is 37.3 Å². The van der Waals surface area contributed by atoms with Gasteiger partial charge in [0, 0.05) is 25.7 Å². The van der Waals surface area contributed by atoms with E-state index in [-0.39, 0.29) is 25.7 Å². The quantitative estimate of drug-likeness (QED) is 0.0222. The molecule has 0 aromatic heterocycles. The molecule has 576 valence electrons. The summed E-state index contributed by atoms with van der Waals surface area (Å²) in [5, 5.41) is 10.6. The molecule has 0 fully saturated rings. The largest absolute Gasteiger partial charge is 0.472 e. The van der Waals surface area contributed by atoms with Crippen molar-refractivity contribution in [3.63, 3.8) is 0 Å². The highest BCUT2D eigenvalue weighted by atomic mass is 31.2. The van der Waals surface area contributed by atoms with Crippen LogP contribution in [0.2, 0.25) is 0 Å². The molecule has 5 atom stereocenters. The molecule has 2 unspecified atom stereocenters. The van der Waals surface area contributed by atoms with E-state index in [1.807, 2.05) is 0 Å². The van der Waals surface area contributed by atoms with E-state index in [0.717, 1.165) is 115 Å². The average Bonchev–Trinajstić information content (AvgIpc) is 1.34. The maximum Gasteiger partial charge on any atom is 0.472 e. The van der Waals surface area contributed by atoms with Crippen molar-refractivity contribution < 1.29 is 80.2 Å². The van der Waals surface area contributed by atoms with Crippen molar-refractivity contribution in [3.05, 3.63) is 0 Å². The molecule has 0 aliphatic rings. The number of phosphoric ester groups is 2. The number of phosphoric acid groups is 2. The van der Waals surface area contributed by atoms with Crippen LogP contribution in [0.25, 0.3) is 0 Å². The fourth-order valence-corrected chi connectivity index (χ4v) is 13.6. The van der Waals surface area contributed by atoms with E-state index in [4.69, 9.17) is 37.0 Å².